The topological polar surface area (TPSA) is 76.7 Å². The van der Waals surface area contributed by atoms with Crippen LogP contribution in [0.3, 0.4) is 0 Å². The minimum absolute atomic E-state index is 0.277. The molecule has 0 saturated heterocycles. The van der Waals surface area contributed by atoms with Gasteiger partial charge in [-0.2, -0.15) is 0 Å². The van der Waals surface area contributed by atoms with Crippen LogP contribution < -0.4 is 10.4 Å². The van der Waals surface area contributed by atoms with Crippen LogP contribution in [0.1, 0.15) is 42.9 Å². The minimum Gasteiger partial charge on any atom is -0.479 e. The molecule has 1 aliphatic carbocycles. The summed E-state index contributed by atoms with van der Waals surface area (Å²) in [5, 5.41) is 9.92. The van der Waals surface area contributed by atoms with Crippen molar-refractivity contribution in [2.24, 2.45) is 0 Å². The zero-order valence-corrected chi connectivity index (χ0v) is 13.3. The Morgan fingerprint density at radius 1 is 1.22 bits per heavy atom. The van der Waals surface area contributed by atoms with E-state index in [1.54, 1.807) is 13.0 Å². The Bertz CT molecular complexity index is 818. The van der Waals surface area contributed by atoms with Crippen LogP contribution in [-0.4, -0.2) is 17.2 Å². The summed E-state index contributed by atoms with van der Waals surface area (Å²) in [4.78, 5) is 23.3. The Hall–Kier alpha value is -2.30. The van der Waals surface area contributed by atoms with Crippen molar-refractivity contribution in [1.29, 1.82) is 0 Å². The number of carboxylic acids is 1. The van der Waals surface area contributed by atoms with E-state index in [1.165, 1.54) is 6.92 Å². The van der Waals surface area contributed by atoms with Gasteiger partial charge in [0.15, 0.2) is 6.10 Å². The Labute approximate surface area is 133 Å². The molecule has 23 heavy (non-hydrogen) atoms. The van der Waals surface area contributed by atoms with Crippen molar-refractivity contribution < 1.29 is 19.1 Å². The lowest BCUT2D eigenvalue weighted by Crippen LogP contribution is -2.23. The average Bonchev–Trinajstić information content (AvgIpc) is 2.77. The van der Waals surface area contributed by atoms with Gasteiger partial charge >= 0.3 is 11.6 Å². The lowest BCUT2D eigenvalue weighted by molar-refractivity contribution is -0.144. The van der Waals surface area contributed by atoms with Gasteiger partial charge in [-0.15, -0.1) is 0 Å². The summed E-state index contributed by atoms with van der Waals surface area (Å²) >= 11 is 0. The number of fused-ring (bicyclic) bond motifs is 3. The Morgan fingerprint density at radius 3 is 2.61 bits per heavy atom. The van der Waals surface area contributed by atoms with Crippen molar-refractivity contribution in [1.82, 2.24) is 0 Å². The fourth-order valence-electron chi connectivity index (χ4n) is 3.17. The number of aryl methyl sites for hydroxylation is 2. The fraction of sp³-hybridized carbons (Fsp3) is 0.444. The van der Waals surface area contributed by atoms with Crippen molar-refractivity contribution in [2.75, 3.05) is 0 Å². The van der Waals surface area contributed by atoms with Crippen molar-refractivity contribution in [3.05, 3.63) is 39.2 Å². The Morgan fingerprint density at radius 2 is 1.91 bits per heavy atom. The molecule has 3 rings (SSSR count). The first-order valence-corrected chi connectivity index (χ1v) is 7.96. The molecular formula is C18H20O5. The van der Waals surface area contributed by atoms with E-state index in [9.17, 15) is 9.59 Å². The van der Waals surface area contributed by atoms with Crippen LogP contribution in [0.4, 0.5) is 0 Å². The van der Waals surface area contributed by atoms with Crippen molar-refractivity contribution >= 4 is 16.9 Å². The zero-order chi connectivity index (χ0) is 16.6. The fourth-order valence-corrected chi connectivity index (χ4v) is 3.17. The van der Waals surface area contributed by atoms with Gasteiger partial charge in [0.1, 0.15) is 11.3 Å². The highest BCUT2D eigenvalue weighted by molar-refractivity contribution is 5.86. The molecule has 0 spiro atoms. The minimum atomic E-state index is -1.03. The molecular weight excluding hydrogens is 296 g/mol. The third-order valence-corrected chi connectivity index (χ3v) is 4.49. The molecule has 1 atom stereocenters. The maximum absolute atomic E-state index is 12.3. The second-order valence-corrected chi connectivity index (χ2v) is 6.07. The molecule has 5 nitrogen and oxygen atoms in total. The van der Waals surface area contributed by atoms with Crippen LogP contribution in [-0.2, 0) is 17.6 Å². The van der Waals surface area contributed by atoms with E-state index in [4.69, 9.17) is 14.3 Å². The summed E-state index contributed by atoms with van der Waals surface area (Å²) in [6.45, 7) is 3.26. The smallest absolute Gasteiger partial charge is 0.344 e. The Kier molecular flexibility index (Phi) is 4.11. The molecule has 0 amide bonds. The highest BCUT2D eigenvalue weighted by atomic mass is 16.5. The largest absolute Gasteiger partial charge is 0.479 e. The third-order valence-electron chi connectivity index (χ3n) is 4.49. The van der Waals surface area contributed by atoms with Crippen molar-refractivity contribution in [2.45, 2.75) is 52.1 Å². The maximum atomic E-state index is 12.3. The zero-order valence-electron chi connectivity index (χ0n) is 13.3. The standard InChI is InChI=1S/C18H20O5/c1-10-15(22-11(2)17(19)20)9-8-13-12-6-4-3-5-7-14(12)18(21)23-16(10)13/h8-9,11H,3-7H2,1-2H3,(H,19,20). The molecule has 0 radical (unpaired) electrons. The van der Waals surface area contributed by atoms with Gasteiger partial charge in [0, 0.05) is 16.5 Å². The van der Waals surface area contributed by atoms with E-state index in [-0.39, 0.29) is 5.63 Å². The number of carboxylic acid groups (broad SMARTS) is 1. The number of hydrogen-bond acceptors (Lipinski definition) is 4. The highest BCUT2D eigenvalue weighted by Gasteiger charge is 2.20. The summed E-state index contributed by atoms with van der Waals surface area (Å²) in [7, 11) is 0. The second-order valence-electron chi connectivity index (χ2n) is 6.07. The number of ether oxygens (including phenoxy) is 1. The van der Waals surface area contributed by atoms with Gasteiger partial charge in [-0.05, 0) is 57.2 Å². The summed E-state index contributed by atoms with van der Waals surface area (Å²) in [6.07, 6.45) is 3.88. The monoisotopic (exact) mass is 316 g/mol. The molecule has 1 aliphatic rings. The molecule has 1 aromatic heterocycles. The van der Waals surface area contributed by atoms with Crippen LogP contribution in [0, 0.1) is 6.92 Å². The lowest BCUT2D eigenvalue weighted by atomic mass is 9.98. The predicted molar refractivity (Wildman–Crippen MR) is 86.2 cm³/mol. The molecule has 1 aromatic carbocycles. The SMILES string of the molecule is Cc1c(OC(C)C(=O)O)ccc2c3c(c(=O)oc12)CCCCC3. The molecule has 1 unspecified atom stereocenters. The van der Waals surface area contributed by atoms with Crippen molar-refractivity contribution in [3.63, 3.8) is 0 Å². The van der Waals surface area contributed by atoms with Gasteiger partial charge < -0.3 is 14.3 Å². The van der Waals surface area contributed by atoms with Crippen molar-refractivity contribution in [3.8, 4) is 5.75 Å². The first-order valence-electron chi connectivity index (χ1n) is 7.96. The van der Waals surface area contributed by atoms with Crippen LogP contribution in [0.5, 0.6) is 5.75 Å². The summed E-state index contributed by atoms with van der Waals surface area (Å²) in [6, 6.07) is 3.64. The average molecular weight is 316 g/mol. The lowest BCUT2D eigenvalue weighted by Gasteiger charge is -2.15. The van der Waals surface area contributed by atoms with Gasteiger partial charge in [0.05, 0.1) is 0 Å². The van der Waals surface area contributed by atoms with Gasteiger partial charge in [0.25, 0.3) is 0 Å². The number of benzene rings is 1. The number of hydrogen-bond donors (Lipinski definition) is 1. The summed E-state index contributed by atoms with van der Waals surface area (Å²) in [5.74, 6) is -0.600. The molecule has 5 heteroatoms. The first-order chi connectivity index (χ1) is 11.0. The van der Waals surface area contributed by atoms with E-state index in [1.807, 2.05) is 6.07 Å². The molecule has 2 aromatic rings. The molecule has 0 bridgehead atoms. The molecule has 0 aliphatic heterocycles. The van der Waals surface area contributed by atoms with Gasteiger partial charge in [-0.25, -0.2) is 9.59 Å². The molecule has 122 valence electrons. The normalized spacial score (nSPS) is 15.7. The Balaban J connectivity index is 2.15. The molecule has 0 fully saturated rings. The second kappa shape index (κ2) is 6.07. The first kappa shape index (κ1) is 15.6. The van der Waals surface area contributed by atoms with Crippen LogP contribution in [0.25, 0.3) is 11.0 Å². The van der Waals surface area contributed by atoms with Gasteiger partial charge in [-0.1, -0.05) is 6.42 Å². The molecule has 0 saturated carbocycles. The van der Waals surface area contributed by atoms with Gasteiger partial charge in [0.2, 0.25) is 0 Å². The summed E-state index contributed by atoms with van der Waals surface area (Å²) < 4.78 is 11.0. The predicted octanol–water partition coefficient (Wildman–Crippen LogP) is 3.22. The third kappa shape index (κ3) is 2.83. The number of aliphatic carboxylic acids is 1. The quantitative estimate of drug-likeness (QED) is 0.695. The molecule has 1 heterocycles. The van der Waals surface area contributed by atoms with Crippen LogP contribution in [0.2, 0.25) is 0 Å². The van der Waals surface area contributed by atoms with E-state index in [0.29, 0.717) is 16.9 Å². The summed E-state index contributed by atoms with van der Waals surface area (Å²) in [5.41, 5.74) is 2.77. The van der Waals surface area contributed by atoms with E-state index in [2.05, 4.69) is 0 Å². The highest BCUT2D eigenvalue weighted by Crippen LogP contribution is 2.32. The van der Waals surface area contributed by atoms with Crippen LogP contribution >= 0.6 is 0 Å². The number of carbonyl (C=O) groups is 1. The van der Waals surface area contributed by atoms with E-state index in [0.717, 1.165) is 48.6 Å². The number of rotatable bonds is 3. The van der Waals surface area contributed by atoms with E-state index < -0.39 is 12.1 Å². The van der Waals surface area contributed by atoms with E-state index >= 15 is 0 Å². The molecule has 1 N–H and O–H groups in total. The maximum Gasteiger partial charge on any atom is 0.344 e. The van der Waals surface area contributed by atoms with Gasteiger partial charge in [-0.3, -0.25) is 0 Å². The van der Waals surface area contributed by atoms with Crippen LogP contribution in [0.15, 0.2) is 21.3 Å².